The highest BCUT2D eigenvalue weighted by atomic mass is 35.5. The van der Waals surface area contributed by atoms with Crippen LogP contribution in [0.1, 0.15) is 12.5 Å². The number of carbonyl (C=O) groups is 1. The molecule has 1 aromatic carbocycles. The standard InChI is InChI=1S/C9H9Cl2N3.C2H4O2/c10-7-3-1-2-6(9(7)11)4-14-5-8(12)13;1-2(3)4/h1-4H,5H2,(H3,12,13);1H3,(H,3,4). The number of aliphatic imine (C=N–C) groups is 1. The quantitative estimate of drug-likeness (QED) is 0.588. The number of nitrogens with zero attached hydrogens (tertiary/aromatic N) is 1. The summed E-state index contributed by atoms with van der Waals surface area (Å²) in [4.78, 5) is 12.9. The van der Waals surface area contributed by atoms with E-state index in [0.717, 1.165) is 12.5 Å². The van der Waals surface area contributed by atoms with Gasteiger partial charge in [0.1, 0.15) is 5.84 Å². The van der Waals surface area contributed by atoms with Crippen LogP contribution in [0, 0.1) is 5.41 Å². The number of rotatable bonds is 3. The van der Waals surface area contributed by atoms with Gasteiger partial charge >= 0.3 is 0 Å². The smallest absolute Gasteiger partial charge is 0.300 e. The number of carboxylic acids is 1. The Morgan fingerprint density at radius 3 is 2.61 bits per heavy atom. The molecule has 5 nitrogen and oxygen atoms in total. The highest BCUT2D eigenvalue weighted by Crippen LogP contribution is 2.24. The number of nitrogens with one attached hydrogen (secondary N) is 1. The van der Waals surface area contributed by atoms with E-state index in [-0.39, 0.29) is 12.4 Å². The van der Waals surface area contributed by atoms with Crippen molar-refractivity contribution in [1.29, 1.82) is 5.41 Å². The molecule has 4 N–H and O–H groups in total. The Kier molecular flexibility index (Phi) is 7.74. The van der Waals surface area contributed by atoms with Gasteiger partial charge in [-0.25, -0.2) is 0 Å². The molecule has 0 unspecified atom stereocenters. The molecule has 0 spiro atoms. The first kappa shape index (κ1) is 16.4. The van der Waals surface area contributed by atoms with Crippen molar-refractivity contribution in [3.63, 3.8) is 0 Å². The molecule has 0 aliphatic rings. The molecule has 0 saturated heterocycles. The van der Waals surface area contributed by atoms with Crippen molar-refractivity contribution in [2.24, 2.45) is 10.7 Å². The van der Waals surface area contributed by atoms with Gasteiger partial charge in [-0.15, -0.1) is 0 Å². The van der Waals surface area contributed by atoms with Crippen LogP contribution in [-0.2, 0) is 4.79 Å². The number of hydrogen-bond donors (Lipinski definition) is 3. The molecule has 0 saturated carbocycles. The number of carboxylic acid groups (broad SMARTS) is 1. The lowest BCUT2D eigenvalue weighted by molar-refractivity contribution is -0.134. The first-order chi connectivity index (χ1) is 8.34. The van der Waals surface area contributed by atoms with Crippen LogP contribution in [0.25, 0.3) is 0 Å². The van der Waals surface area contributed by atoms with Crippen molar-refractivity contribution in [3.05, 3.63) is 33.8 Å². The summed E-state index contributed by atoms with van der Waals surface area (Å²) in [6, 6.07) is 5.27. The van der Waals surface area contributed by atoms with Gasteiger partial charge in [-0.05, 0) is 6.07 Å². The first-order valence-electron chi connectivity index (χ1n) is 4.81. The second-order valence-electron chi connectivity index (χ2n) is 3.16. The van der Waals surface area contributed by atoms with E-state index in [1.54, 1.807) is 24.4 Å². The Hall–Kier alpha value is -1.59. The number of halogens is 2. The Labute approximate surface area is 115 Å². The minimum atomic E-state index is -0.833. The van der Waals surface area contributed by atoms with Crippen LogP contribution in [0.3, 0.4) is 0 Å². The zero-order valence-electron chi connectivity index (χ0n) is 9.65. The molecule has 0 aromatic heterocycles. The molecule has 0 fully saturated rings. The number of amidine groups is 1. The van der Waals surface area contributed by atoms with Crippen LogP contribution in [0.2, 0.25) is 10.0 Å². The highest BCUT2D eigenvalue weighted by molar-refractivity contribution is 6.43. The largest absolute Gasteiger partial charge is 0.481 e. The van der Waals surface area contributed by atoms with Crippen molar-refractivity contribution in [3.8, 4) is 0 Å². The lowest BCUT2D eigenvalue weighted by atomic mass is 10.2. The van der Waals surface area contributed by atoms with E-state index in [1.165, 1.54) is 0 Å². The SMILES string of the molecule is CC(=O)O.N=C(N)CN=Cc1cccc(Cl)c1Cl. The number of aliphatic carboxylic acids is 1. The normalized spacial score (nSPS) is 9.72. The lowest BCUT2D eigenvalue weighted by Crippen LogP contribution is -2.13. The van der Waals surface area contributed by atoms with E-state index in [4.69, 9.17) is 44.2 Å². The Bertz CT molecular complexity index is 458. The van der Waals surface area contributed by atoms with Gasteiger partial charge in [-0.2, -0.15) is 0 Å². The molecule has 98 valence electrons. The molecule has 0 radical (unpaired) electrons. The third-order valence-electron chi connectivity index (χ3n) is 1.47. The molecule has 0 aliphatic heterocycles. The molecule has 0 atom stereocenters. The molecule has 1 rings (SSSR count). The molecule has 0 bridgehead atoms. The maximum atomic E-state index is 9.00. The van der Waals surface area contributed by atoms with E-state index >= 15 is 0 Å². The monoisotopic (exact) mass is 289 g/mol. The van der Waals surface area contributed by atoms with E-state index in [0.29, 0.717) is 10.0 Å². The van der Waals surface area contributed by atoms with Crippen LogP contribution >= 0.6 is 23.2 Å². The molecule has 0 amide bonds. The van der Waals surface area contributed by atoms with Gasteiger partial charge in [0.05, 0.1) is 16.6 Å². The van der Waals surface area contributed by atoms with Gasteiger partial charge < -0.3 is 10.8 Å². The van der Waals surface area contributed by atoms with Gasteiger partial charge in [-0.1, -0.05) is 35.3 Å². The van der Waals surface area contributed by atoms with E-state index in [9.17, 15) is 0 Å². The van der Waals surface area contributed by atoms with Crippen molar-refractivity contribution in [2.45, 2.75) is 6.92 Å². The molecular formula is C11H13Cl2N3O2. The molecule has 0 heterocycles. The van der Waals surface area contributed by atoms with Gasteiger partial charge in [0.15, 0.2) is 0 Å². The van der Waals surface area contributed by atoms with Crippen LogP contribution in [0.5, 0.6) is 0 Å². The molecular weight excluding hydrogens is 277 g/mol. The second kappa shape index (κ2) is 8.49. The Morgan fingerprint density at radius 2 is 2.11 bits per heavy atom. The predicted octanol–water partition coefficient (Wildman–Crippen LogP) is 2.44. The van der Waals surface area contributed by atoms with Crippen molar-refractivity contribution in [1.82, 2.24) is 0 Å². The molecule has 0 aliphatic carbocycles. The summed E-state index contributed by atoms with van der Waals surface area (Å²) in [5.41, 5.74) is 5.86. The third-order valence-corrected chi connectivity index (χ3v) is 2.31. The van der Waals surface area contributed by atoms with E-state index < -0.39 is 5.97 Å². The average Bonchev–Trinajstić information content (AvgIpc) is 2.23. The van der Waals surface area contributed by atoms with Crippen LogP contribution in [0.4, 0.5) is 0 Å². The minimum absolute atomic E-state index is 0.0133. The highest BCUT2D eigenvalue weighted by Gasteiger charge is 2.00. The maximum absolute atomic E-state index is 9.00. The van der Waals surface area contributed by atoms with Gasteiger partial charge in [0.2, 0.25) is 0 Å². The fourth-order valence-corrected chi connectivity index (χ4v) is 1.22. The summed E-state index contributed by atoms with van der Waals surface area (Å²) in [7, 11) is 0. The van der Waals surface area contributed by atoms with E-state index in [2.05, 4.69) is 4.99 Å². The summed E-state index contributed by atoms with van der Waals surface area (Å²) in [5, 5.41) is 15.3. The predicted molar refractivity (Wildman–Crippen MR) is 74.1 cm³/mol. The van der Waals surface area contributed by atoms with Crippen molar-refractivity contribution < 1.29 is 9.90 Å². The van der Waals surface area contributed by atoms with Crippen molar-refractivity contribution in [2.75, 3.05) is 6.54 Å². The van der Waals surface area contributed by atoms with Gasteiger partial charge in [-0.3, -0.25) is 15.2 Å². The maximum Gasteiger partial charge on any atom is 0.300 e. The summed E-state index contributed by atoms with van der Waals surface area (Å²) >= 11 is 11.7. The second-order valence-corrected chi connectivity index (χ2v) is 3.94. The fraction of sp³-hybridized carbons (Fsp3) is 0.182. The lowest BCUT2D eigenvalue weighted by Gasteiger charge is -1.99. The summed E-state index contributed by atoms with van der Waals surface area (Å²) in [6.45, 7) is 1.25. The third kappa shape index (κ3) is 7.65. The number of benzene rings is 1. The van der Waals surface area contributed by atoms with Gasteiger partial charge in [0.25, 0.3) is 5.97 Å². The van der Waals surface area contributed by atoms with Crippen molar-refractivity contribution >= 4 is 41.2 Å². The van der Waals surface area contributed by atoms with E-state index in [1.807, 2.05) is 0 Å². The van der Waals surface area contributed by atoms with Crippen LogP contribution in [-0.4, -0.2) is 29.7 Å². The van der Waals surface area contributed by atoms with Crippen LogP contribution < -0.4 is 5.73 Å². The first-order valence-corrected chi connectivity index (χ1v) is 5.56. The van der Waals surface area contributed by atoms with Gasteiger partial charge in [0, 0.05) is 18.7 Å². The Balaban J connectivity index is 0.000000631. The fourth-order valence-electron chi connectivity index (χ4n) is 0.863. The minimum Gasteiger partial charge on any atom is -0.481 e. The number of hydrogen-bond acceptors (Lipinski definition) is 3. The summed E-state index contributed by atoms with van der Waals surface area (Å²) in [6.07, 6.45) is 1.55. The molecule has 7 heteroatoms. The zero-order valence-corrected chi connectivity index (χ0v) is 11.2. The molecule has 1 aromatic rings. The molecule has 18 heavy (non-hydrogen) atoms. The summed E-state index contributed by atoms with van der Waals surface area (Å²) in [5.74, 6) is -0.820. The summed E-state index contributed by atoms with van der Waals surface area (Å²) < 4.78 is 0. The number of nitrogens with two attached hydrogens (primary N) is 1. The topological polar surface area (TPSA) is 99.5 Å². The zero-order chi connectivity index (χ0) is 14.1. The van der Waals surface area contributed by atoms with Crippen LogP contribution in [0.15, 0.2) is 23.2 Å². The Morgan fingerprint density at radius 1 is 1.56 bits per heavy atom. The average molecular weight is 290 g/mol.